The molecule has 7 nitrogen and oxygen atoms in total. The van der Waals surface area contributed by atoms with E-state index in [1.165, 1.54) is 46.8 Å². The number of hydrogen-bond donors (Lipinski definition) is 2. The lowest BCUT2D eigenvalue weighted by Crippen LogP contribution is -2.50. The van der Waals surface area contributed by atoms with Gasteiger partial charge in [-0.2, -0.15) is 0 Å². The number of nitrogens with zero attached hydrogens (tertiary/aromatic N) is 2. The molecule has 0 saturated heterocycles. The number of benzene rings is 1. The molecule has 1 atom stereocenters. The molecule has 0 radical (unpaired) electrons. The van der Waals surface area contributed by atoms with Crippen LogP contribution in [0.5, 0.6) is 0 Å². The zero-order valence-electron chi connectivity index (χ0n) is 15.8. The molecule has 1 amide bonds. The number of fused-ring (bicyclic) bond motifs is 3. The van der Waals surface area contributed by atoms with E-state index in [1.807, 2.05) is 4.90 Å². The van der Waals surface area contributed by atoms with E-state index in [9.17, 15) is 9.59 Å². The van der Waals surface area contributed by atoms with Gasteiger partial charge in [0.2, 0.25) is 0 Å². The van der Waals surface area contributed by atoms with Crippen LogP contribution in [0.15, 0.2) is 39.8 Å². The van der Waals surface area contributed by atoms with Gasteiger partial charge in [0.15, 0.2) is 0 Å². The Kier molecular flexibility index (Phi) is 4.30. The van der Waals surface area contributed by atoms with Gasteiger partial charge in [-0.1, -0.05) is 42.1 Å². The smallest absolute Gasteiger partial charge is 0.356 e. The van der Waals surface area contributed by atoms with E-state index in [1.54, 1.807) is 0 Å². The molecule has 2 N–H and O–H groups in total. The Balaban J connectivity index is 1.52. The molecule has 0 bridgehead atoms. The van der Waals surface area contributed by atoms with Crippen molar-refractivity contribution in [2.45, 2.75) is 51.1 Å². The summed E-state index contributed by atoms with van der Waals surface area (Å²) in [5.74, 6) is 0.486. The predicted molar refractivity (Wildman–Crippen MR) is 103 cm³/mol. The molecule has 1 saturated carbocycles. The summed E-state index contributed by atoms with van der Waals surface area (Å²) in [4.78, 5) is 30.1. The molecule has 146 valence electrons. The van der Waals surface area contributed by atoms with Crippen molar-refractivity contribution in [1.29, 1.82) is 0 Å². The van der Waals surface area contributed by atoms with Gasteiger partial charge in [0.05, 0.1) is 6.04 Å². The zero-order chi connectivity index (χ0) is 19.1. The van der Waals surface area contributed by atoms with Crippen LogP contribution < -0.4 is 10.3 Å². The normalized spacial score (nSPS) is 20.4. The summed E-state index contributed by atoms with van der Waals surface area (Å²) in [6, 6.07) is 8.49. The first-order chi connectivity index (χ1) is 13.7. The number of carbonyl (C=O) groups excluding carboxylic acids is 1. The lowest BCUT2D eigenvalue weighted by atomic mass is 9.79. The Hall–Kier alpha value is -2.83. The Labute approximate surface area is 162 Å². The number of amides is 1. The average Bonchev–Trinajstić information content (AvgIpc) is 3.30. The Morgan fingerprint density at radius 3 is 2.82 bits per heavy atom. The molecule has 0 unspecified atom stereocenters. The van der Waals surface area contributed by atoms with Gasteiger partial charge >= 0.3 is 5.63 Å². The number of aromatic amines is 2. The van der Waals surface area contributed by atoms with Crippen molar-refractivity contribution >= 4 is 16.8 Å². The first-order valence-corrected chi connectivity index (χ1v) is 10.2. The van der Waals surface area contributed by atoms with Crippen molar-refractivity contribution in [2.24, 2.45) is 5.92 Å². The molecule has 1 fully saturated rings. The molecule has 0 spiro atoms. The van der Waals surface area contributed by atoms with Gasteiger partial charge in [-0.25, -0.2) is 4.79 Å². The van der Waals surface area contributed by atoms with Crippen LogP contribution in [0.2, 0.25) is 0 Å². The van der Waals surface area contributed by atoms with Crippen molar-refractivity contribution < 1.29 is 14.0 Å². The van der Waals surface area contributed by atoms with Crippen molar-refractivity contribution in [3.63, 3.8) is 0 Å². The van der Waals surface area contributed by atoms with Gasteiger partial charge in [0.1, 0.15) is 0 Å². The second-order valence-corrected chi connectivity index (χ2v) is 8.01. The highest BCUT2D eigenvalue weighted by atomic mass is 16.5. The molecule has 2 aliphatic rings. The van der Waals surface area contributed by atoms with Gasteiger partial charge in [0.25, 0.3) is 18.6 Å². The van der Waals surface area contributed by atoms with Crippen LogP contribution in [0.1, 0.15) is 49.4 Å². The van der Waals surface area contributed by atoms with Crippen LogP contribution >= 0.6 is 0 Å². The zero-order valence-corrected chi connectivity index (χ0v) is 15.8. The Morgan fingerprint density at radius 1 is 1.21 bits per heavy atom. The van der Waals surface area contributed by atoms with E-state index in [0.717, 1.165) is 24.8 Å². The summed E-state index contributed by atoms with van der Waals surface area (Å²) in [5, 5.41) is 3.76. The summed E-state index contributed by atoms with van der Waals surface area (Å²) in [6.45, 7) is 0.794. The fourth-order valence-corrected chi connectivity index (χ4v) is 5.09. The number of H-pyrrole nitrogens is 2. The number of rotatable bonds is 3. The maximum atomic E-state index is 13.2. The van der Waals surface area contributed by atoms with Gasteiger partial charge in [-0.15, -0.1) is 0 Å². The monoisotopic (exact) mass is 381 g/mol. The standard InChI is InChI=1S/C21H24N4O3/c26-18(12-24-13-19(27)28-23-24)25-11-10-16-15-8-4-5-9-17(15)22-20(16)21(25)14-6-2-1-3-7-14/h4-5,8-9,13-14,21-22H,1-3,6-7,10-12H2/p+1/t21-/m1/s1. The highest BCUT2D eigenvalue weighted by Gasteiger charge is 2.39. The summed E-state index contributed by atoms with van der Waals surface area (Å²) in [6.07, 6.45) is 8.17. The summed E-state index contributed by atoms with van der Waals surface area (Å²) >= 11 is 0. The Bertz CT molecular complexity index is 1060. The molecule has 2 aromatic heterocycles. The minimum Gasteiger partial charge on any atom is -0.356 e. The van der Waals surface area contributed by atoms with Crippen LogP contribution in [0.3, 0.4) is 0 Å². The summed E-state index contributed by atoms with van der Waals surface area (Å²) in [7, 11) is 0. The van der Waals surface area contributed by atoms with Crippen LogP contribution in [0.25, 0.3) is 10.9 Å². The number of para-hydroxylation sites is 1. The van der Waals surface area contributed by atoms with Gasteiger partial charge in [0, 0.05) is 23.1 Å². The number of aromatic nitrogens is 3. The maximum Gasteiger partial charge on any atom is 0.426 e. The summed E-state index contributed by atoms with van der Waals surface area (Å²) in [5.41, 5.74) is 3.24. The Morgan fingerprint density at radius 2 is 2.04 bits per heavy atom. The largest absolute Gasteiger partial charge is 0.426 e. The first kappa shape index (κ1) is 17.3. The molecule has 1 aliphatic heterocycles. The van der Waals surface area contributed by atoms with E-state index in [2.05, 4.69) is 34.5 Å². The first-order valence-electron chi connectivity index (χ1n) is 10.2. The van der Waals surface area contributed by atoms with Crippen molar-refractivity contribution in [1.82, 2.24) is 15.2 Å². The molecule has 5 rings (SSSR count). The molecule has 28 heavy (non-hydrogen) atoms. The van der Waals surface area contributed by atoms with E-state index in [4.69, 9.17) is 4.52 Å². The van der Waals surface area contributed by atoms with Crippen LogP contribution in [-0.2, 0) is 17.8 Å². The molecule has 3 heterocycles. The van der Waals surface area contributed by atoms with E-state index in [-0.39, 0.29) is 18.5 Å². The molecule has 7 heteroatoms. The average molecular weight is 381 g/mol. The summed E-state index contributed by atoms with van der Waals surface area (Å²) < 4.78 is 6.12. The van der Waals surface area contributed by atoms with E-state index < -0.39 is 5.63 Å². The van der Waals surface area contributed by atoms with E-state index in [0.29, 0.717) is 12.5 Å². The molecule has 3 aromatic rings. The highest BCUT2D eigenvalue weighted by Crippen LogP contribution is 2.43. The van der Waals surface area contributed by atoms with Crippen LogP contribution in [0.4, 0.5) is 0 Å². The molecular weight excluding hydrogens is 356 g/mol. The van der Waals surface area contributed by atoms with E-state index >= 15 is 0 Å². The third kappa shape index (κ3) is 2.95. The second-order valence-electron chi connectivity index (χ2n) is 8.01. The minimum atomic E-state index is -0.479. The van der Waals surface area contributed by atoms with Crippen molar-refractivity contribution in [2.75, 3.05) is 6.54 Å². The van der Waals surface area contributed by atoms with Crippen LogP contribution in [-0.4, -0.2) is 27.6 Å². The fourth-order valence-electron chi connectivity index (χ4n) is 5.09. The quantitative estimate of drug-likeness (QED) is 0.683. The van der Waals surface area contributed by atoms with Gasteiger partial charge in [-0.3, -0.25) is 9.32 Å². The van der Waals surface area contributed by atoms with Gasteiger partial charge in [-0.05, 0) is 42.1 Å². The SMILES string of the molecule is O=C(C[n+]1cc(=O)o[nH]1)N1CCc2c([nH]c3ccccc23)[C@H]1C1CCCCC1. The number of hydrogen-bond acceptors (Lipinski definition) is 3. The predicted octanol–water partition coefficient (Wildman–Crippen LogP) is 2.44. The third-order valence-corrected chi connectivity index (χ3v) is 6.33. The number of nitrogens with one attached hydrogen (secondary N) is 2. The minimum absolute atomic E-state index is 0.0157. The molecule has 1 aliphatic carbocycles. The molecule has 1 aromatic carbocycles. The van der Waals surface area contributed by atoms with Crippen molar-refractivity contribution in [3.8, 4) is 0 Å². The number of carbonyl (C=O) groups is 1. The second kappa shape index (κ2) is 6.96. The third-order valence-electron chi connectivity index (χ3n) is 6.33. The highest BCUT2D eigenvalue weighted by molar-refractivity contribution is 5.86. The van der Waals surface area contributed by atoms with Gasteiger partial charge < -0.3 is 9.88 Å². The molecular formula is C21H25N4O3+. The fraction of sp³-hybridized carbons (Fsp3) is 0.476. The lowest BCUT2D eigenvalue weighted by molar-refractivity contribution is -0.751. The lowest BCUT2D eigenvalue weighted by Gasteiger charge is -2.41. The van der Waals surface area contributed by atoms with Crippen molar-refractivity contribution in [3.05, 3.63) is 52.1 Å². The van der Waals surface area contributed by atoms with Crippen LogP contribution in [0, 0.1) is 5.92 Å². The maximum absolute atomic E-state index is 13.2. The topological polar surface area (TPSA) is 86.0 Å².